The lowest BCUT2D eigenvalue weighted by Gasteiger charge is -2.11. The highest BCUT2D eigenvalue weighted by Crippen LogP contribution is 2.18. The number of hydrogen-bond acceptors (Lipinski definition) is 1. The van der Waals surface area contributed by atoms with Crippen LogP contribution in [-0.2, 0) is 6.54 Å². The van der Waals surface area contributed by atoms with Gasteiger partial charge in [-0.15, -0.1) is 0 Å². The molecule has 0 unspecified atom stereocenters. The summed E-state index contributed by atoms with van der Waals surface area (Å²) in [5.41, 5.74) is 1.41. The Morgan fingerprint density at radius 3 is 2.93 bits per heavy atom. The van der Waals surface area contributed by atoms with Crippen LogP contribution in [0.1, 0.15) is 18.4 Å². The lowest BCUT2D eigenvalue weighted by molar-refractivity contribution is -0.643. The van der Waals surface area contributed by atoms with Crippen molar-refractivity contribution in [3.63, 3.8) is 0 Å². The smallest absolute Gasteiger partial charge is 0.283 e. The van der Waals surface area contributed by atoms with Crippen molar-refractivity contribution in [2.75, 3.05) is 25.0 Å². The molecule has 0 amide bonds. The minimum atomic E-state index is 1.06. The van der Waals surface area contributed by atoms with E-state index in [2.05, 4.69) is 34.4 Å². The summed E-state index contributed by atoms with van der Waals surface area (Å²) in [6.07, 6.45) is 4.68. The first-order valence-corrected chi connectivity index (χ1v) is 5.44. The Morgan fingerprint density at radius 1 is 1.43 bits per heavy atom. The van der Waals surface area contributed by atoms with Crippen LogP contribution in [0.15, 0.2) is 18.3 Å². The largest absolute Gasteiger partial charge is 0.345 e. The quantitative estimate of drug-likeness (QED) is 0.708. The molecule has 1 aliphatic rings. The van der Waals surface area contributed by atoms with Crippen molar-refractivity contribution >= 4 is 5.82 Å². The van der Waals surface area contributed by atoms with Crippen LogP contribution in [0.2, 0.25) is 0 Å². The van der Waals surface area contributed by atoms with Gasteiger partial charge in [0, 0.05) is 0 Å². The minimum Gasteiger partial charge on any atom is -0.345 e. The molecule has 1 fully saturated rings. The van der Waals surface area contributed by atoms with E-state index in [4.69, 9.17) is 0 Å². The normalized spacial score (nSPS) is 16.2. The molecule has 0 bridgehead atoms. The summed E-state index contributed by atoms with van der Waals surface area (Å²) < 4.78 is 0. The third kappa shape index (κ3) is 1.87. The number of anilines is 1. The second-order valence-corrected chi connectivity index (χ2v) is 3.85. The summed E-state index contributed by atoms with van der Waals surface area (Å²) in [6, 6.07) is 4.29. The van der Waals surface area contributed by atoms with Gasteiger partial charge in [-0.25, -0.2) is 4.98 Å². The van der Waals surface area contributed by atoms with E-state index in [-0.39, 0.29) is 0 Å². The maximum atomic E-state index is 3.37. The van der Waals surface area contributed by atoms with Gasteiger partial charge in [0.15, 0.2) is 0 Å². The molecule has 1 aliphatic heterocycles. The highest BCUT2D eigenvalue weighted by atomic mass is 15.2. The molecule has 14 heavy (non-hydrogen) atoms. The van der Waals surface area contributed by atoms with Crippen LogP contribution < -0.4 is 15.2 Å². The Hall–Kier alpha value is -1.09. The zero-order chi connectivity index (χ0) is 9.80. The van der Waals surface area contributed by atoms with E-state index in [1.165, 1.54) is 37.3 Å². The number of aromatic nitrogens is 1. The summed E-state index contributed by atoms with van der Waals surface area (Å²) in [7, 11) is 2.11. The molecule has 2 heterocycles. The van der Waals surface area contributed by atoms with Gasteiger partial charge < -0.3 is 5.32 Å². The van der Waals surface area contributed by atoms with Crippen LogP contribution in [-0.4, -0.2) is 20.1 Å². The number of quaternary nitrogens is 1. The van der Waals surface area contributed by atoms with E-state index >= 15 is 0 Å². The van der Waals surface area contributed by atoms with Crippen LogP contribution in [0, 0.1) is 0 Å². The van der Waals surface area contributed by atoms with Crippen LogP contribution in [0.4, 0.5) is 5.82 Å². The molecule has 0 aliphatic carbocycles. The van der Waals surface area contributed by atoms with Crippen molar-refractivity contribution in [3.8, 4) is 0 Å². The summed E-state index contributed by atoms with van der Waals surface area (Å²) in [5, 5.41) is 2.21. The number of hydrogen-bond donors (Lipinski definition) is 1. The van der Waals surface area contributed by atoms with E-state index in [0.717, 1.165) is 6.54 Å². The molecule has 0 aromatic carbocycles. The van der Waals surface area contributed by atoms with Gasteiger partial charge in [0.25, 0.3) is 5.82 Å². The molecule has 76 valence electrons. The molecule has 0 spiro atoms. The zero-order valence-electron chi connectivity index (χ0n) is 8.79. The van der Waals surface area contributed by atoms with Crippen molar-refractivity contribution < 1.29 is 10.3 Å². The number of rotatable bonds is 3. The van der Waals surface area contributed by atoms with Gasteiger partial charge in [-0.2, -0.15) is 0 Å². The van der Waals surface area contributed by atoms with Gasteiger partial charge in [-0.05, 0) is 25.0 Å². The van der Waals surface area contributed by atoms with Crippen molar-refractivity contribution in [1.82, 2.24) is 0 Å². The maximum absolute atomic E-state index is 3.37. The molecule has 0 saturated carbocycles. The Morgan fingerprint density at radius 2 is 2.21 bits per heavy atom. The Bertz CT molecular complexity index is 292. The standard InChI is InChI=1S/C11H17N3/c1-12-9-10-5-4-6-13-11(10)14-7-2-3-8-14/h4-6,12H,2-3,7-9H2,1H3/p+2. The van der Waals surface area contributed by atoms with Crippen LogP contribution >= 0.6 is 0 Å². The Balaban J connectivity index is 2.21. The van der Waals surface area contributed by atoms with Crippen molar-refractivity contribution in [2.45, 2.75) is 19.4 Å². The molecule has 3 heteroatoms. The van der Waals surface area contributed by atoms with Gasteiger partial charge in [-0.3, -0.25) is 4.90 Å². The van der Waals surface area contributed by atoms with E-state index in [1.54, 1.807) is 0 Å². The number of nitrogens with two attached hydrogens (primary N) is 1. The van der Waals surface area contributed by atoms with Gasteiger partial charge in [0.2, 0.25) is 0 Å². The maximum Gasteiger partial charge on any atom is 0.283 e. The second-order valence-electron chi connectivity index (χ2n) is 3.85. The third-order valence-electron chi connectivity index (χ3n) is 2.76. The van der Waals surface area contributed by atoms with Gasteiger partial charge in [-0.1, -0.05) is 0 Å². The molecule has 2 rings (SSSR count). The fourth-order valence-corrected chi connectivity index (χ4v) is 2.08. The summed E-state index contributed by atoms with van der Waals surface area (Å²) in [5.74, 6) is 1.32. The number of nitrogens with one attached hydrogen (secondary N) is 1. The number of H-pyrrole nitrogens is 1. The summed E-state index contributed by atoms with van der Waals surface area (Å²) in [4.78, 5) is 5.83. The molecule has 1 aromatic rings. The summed E-state index contributed by atoms with van der Waals surface area (Å²) in [6.45, 7) is 3.47. The Kier molecular flexibility index (Phi) is 2.99. The molecule has 0 radical (unpaired) electrons. The average Bonchev–Trinajstić information content (AvgIpc) is 2.72. The van der Waals surface area contributed by atoms with E-state index in [1.807, 2.05) is 6.20 Å². The van der Waals surface area contributed by atoms with E-state index in [9.17, 15) is 0 Å². The predicted octanol–water partition coefficient (Wildman–Crippen LogP) is -0.206. The topological polar surface area (TPSA) is 34.0 Å². The predicted molar refractivity (Wildman–Crippen MR) is 56.0 cm³/mol. The van der Waals surface area contributed by atoms with Crippen molar-refractivity contribution in [1.29, 1.82) is 0 Å². The highest BCUT2D eigenvalue weighted by Gasteiger charge is 2.23. The van der Waals surface area contributed by atoms with Crippen molar-refractivity contribution in [3.05, 3.63) is 23.9 Å². The van der Waals surface area contributed by atoms with E-state index < -0.39 is 0 Å². The SMILES string of the molecule is C[NH2+]Cc1ccc[nH+]c1N1CCCC1. The lowest BCUT2D eigenvalue weighted by atomic mass is 10.2. The first-order valence-electron chi connectivity index (χ1n) is 5.44. The second kappa shape index (κ2) is 4.42. The summed E-state index contributed by atoms with van der Waals surface area (Å²) >= 11 is 0. The fourth-order valence-electron chi connectivity index (χ4n) is 2.08. The van der Waals surface area contributed by atoms with Crippen molar-refractivity contribution in [2.24, 2.45) is 0 Å². The average molecular weight is 193 g/mol. The number of nitrogens with zero attached hydrogens (tertiary/aromatic N) is 1. The van der Waals surface area contributed by atoms with E-state index in [0.29, 0.717) is 0 Å². The van der Waals surface area contributed by atoms with Gasteiger partial charge in [0.05, 0.1) is 31.9 Å². The van der Waals surface area contributed by atoms with Gasteiger partial charge in [0.1, 0.15) is 6.54 Å². The first-order chi connectivity index (χ1) is 6.92. The van der Waals surface area contributed by atoms with Gasteiger partial charge >= 0.3 is 0 Å². The molecular weight excluding hydrogens is 174 g/mol. The molecule has 3 nitrogen and oxygen atoms in total. The highest BCUT2D eigenvalue weighted by molar-refractivity contribution is 5.41. The van der Waals surface area contributed by atoms with Crippen LogP contribution in [0.5, 0.6) is 0 Å². The molecule has 1 aromatic heterocycles. The molecular formula is C11H19N3+2. The lowest BCUT2D eigenvalue weighted by Crippen LogP contribution is -2.77. The molecule has 1 saturated heterocycles. The fraction of sp³-hybridized carbons (Fsp3) is 0.545. The van der Waals surface area contributed by atoms with Crippen LogP contribution in [0.25, 0.3) is 0 Å². The Labute approximate surface area is 85.1 Å². The van der Waals surface area contributed by atoms with Crippen LogP contribution in [0.3, 0.4) is 0 Å². The molecule has 0 atom stereocenters. The molecule has 3 N–H and O–H groups in total. The number of pyridine rings is 1. The third-order valence-corrected chi connectivity index (χ3v) is 2.76. The minimum absolute atomic E-state index is 1.06. The monoisotopic (exact) mass is 193 g/mol. The first kappa shape index (κ1) is 9.46. The zero-order valence-corrected chi connectivity index (χ0v) is 8.79. The number of aromatic amines is 1.